The van der Waals surface area contributed by atoms with E-state index in [9.17, 15) is 5.11 Å². The lowest BCUT2D eigenvalue weighted by molar-refractivity contribution is 0.105. The van der Waals surface area contributed by atoms with Crippen LogP contribution in [0.2, 0.25) is 0 Å². The van der Waals surface area contributed by atoms with Gasteiger partial charge < -0.3 is 15.6 Å². The molecule has 90 valence electrons. The van der Waals surface area contributed by atoms with Gasteiger partial charge in [0.2, 0.25) is 0 Å². The van der Waals surface area contributed by atoms with Gasteiger partial charge in [0, 0.05) is 13.0 Å². The molecule has 0 heterocycles. The van der Waals surface area contributed by atoms with Crippen LogP contribution in [0.3, 0.4) is 0 Å². The van der Waals surface area contributed by atoms with Crippen LogP contribution < -0.4 is 5.73 Å². The molecule has 0 saturated carbocycles. The van der Waals surface area contributed by atoms with E-state index in [-0.39, 0.29) is 5.92 Å². The summed E-state index contributed by atoms with van der Waals surface area (Å²) in [6.45, 7) is 3.06. The van der Waals surface area contributed by atoms with Gasteiger partial charge in [-0.15, -0.1) is 0 Å². The van der Waals surface area contributed by atoms with E-state index in [2.05, 4.69) is 0 Å². The molecule has 3 N–H and O–H groups in total. The second kappa shape index (κ2) is 6.63. The zero-order chi connectivity index (χ0) is 12.0. The van der Waals surface area contributed by atoms with Crippen molar-refractivity contribution in [1.29, 1.82) is 0 Å². The summed E-state index contributed by atoms with van der Waals surface area (Å²) in [6, 6.07) is 7.80. The molecule has 0 aromatic heterocycles. The fraction of sp³-hybridized carbons (Fsp3) is 0.538. The Morgan fingerprint density at radius 3 is 2.62 bits per heavy atom. The molecule has 16 heavy (non-hydrogen) atoms. The van der Waals surface area contributed by atoms with Crippen molar-refractivity contribution < 1.29 is 9.84 Å². The number of hydrogen-bond acceptors (Lipinski definition) is 3. The van der Waals surface area contributed by atoms with Gasteiger partial charge in [-0.2, -0.15) is 0 Å². The van der Waals surface area contributed by atoms with Crippen LogP contribution in [-0.4, -0.2) is 18.8 Å². The Hall–Kier alpha value is -0.900. The SMILES string of the molecule is CCC(CN)C(O)c1ccccc1COC. The van der Waals surface area contributed by atoms with Gasteiger partial charge in [0.25, 0.3) is 0 Å². The molecule has 0 radical (unpaired) electrons. The largest absolute Gasteiger partial charge is 0.388 e. The van der Waals surface area contributed by atoms with Gasteiger partial charge in [-0.25, -0.2) is 0 Å². The average molecular weight is 223 g/mol. The van der Waals surface area contributed by atoms with Gasteiger partial charge in [-0.05, 0) is 24.1 Å². The summed E-state index contributed by atoms with van der Waals surface area (Å²) in [5.41, 5.74) is 7.62. The van der Waals surface area contributed by atoms with Crippen LogP contribution in [0.25, 0.3) is 0 Å². The van der Waals surface area contributed by atoms with Crippen LogP contribution in [0, 0.1) is 5.92 Å². The molecule has 0 fully saturated rings. The minimum absolute atomic E-state index is 0.109. The first-order chi connectivity index (χ1) is 7.74. The van der Waals surface area contributed by atoms with Crippen molar-refractivity contribution in [3.63, 3.8) is 0 Å². The quantitative estimate of drug-likeness (QED) is 0.774. The van der Waals surface area contributed by atoms with Gasteiger partial charge in [0.05, 0.1) is 12.7 Å². The lowest BCUT2D eigenvalue weighted by Gasteiger charge is -2.22. The van der Waals surface area contributed by atoms with Crippen molar-refractivity contribution in [1.82, 2.24) is 0 Å². The van der Waals surface area contributed by atoms with E-state index in [4.69, 9.17) is 10.5 Å². The van der Waals surface area contributed by atoms with Crippen LogP contribution in [0.4, 0.5) is 0 Å². The highest BCUT2D eigenvalue weighted by Gasteiger charge is 2.19. The minimum Gasteiger partial charge on any atom is -0.388 e. The second-order valence-corrected chi connectivity index (χ2v) is 3.98. The molecule has 1 rings (SSSR count). The maximum Gasteiger partial charge on any atom is 0.0833 e. The van der Waals surface area contributed by atoms with Crippen molar-refractivity contribution in [2.45, 2.75) is 26.1 Å². The number of aliphatic hydroxyl groups is 1. The van der Waals surface area contributed by atoms with Crippen molar-refractivity contribution in [3.8, 4) is 0 Å². The summed E-state index contributed by atoms with van der Waals surface area (Å²) >= 11 is 0. The Balaban J connectivity index is 2.92. The summed E-state index contributed by atoms with van der Waals surface area (Å²) in [6.07, 6.45) is 0.375. The third kappa shape index (κ3) is 3.04. The van der Waals surface area contributed by atoms with Gasteiger partial charge in [0.15, 0.2) is 0 Å². The highest BCUT2D eigenvalue weighted by Crippen LogP contribution is 2.26. The summed E-state index contributed by atoms with van der Waals surface area (Å²) in [5, 5.41) is 10.3. The van der Waals surface area contributed by atoms with E-state index in [1.165, 1.54) is 0 Å². The third-order valence-corrected chi connectivity index (χ3v) is 2.95. The van der Waals surface area contributed by atoms with Crippen molar-refractivity contribution in [3.05, 3.63) is 35.4 Å². The molecule has 0 spiro atoms. The molecule has 1 aromatic rings. The predicted molar refractivity (Wildman–Crippen MR) is 65.0 cm³/mol. The Labute approximate surface area is 97.2 Å². The first-order valence-electron chi connectivity index (χ1n) is 5.69. The number of rotatable bonds is 6. The van der Waals surface area contributed by atoms with Crippen molar-refractivity contribution in [2.75, 3.05) is 13.7 Å². The molecule has 2 atom stereocenters. The molecule has 1 aromatic carbocycles. The molecule has 0 bridgehead atoms. The lowest BCUT2D eigenvalue weighted by atomic mass is 9.91. The third-order valence-electron chi connectivity index (χ3n) is 2.95. The number of methoxy groups -OCH3 is 1. The zero-order valence-corrected chi connectivity index (χ0v) is 10.0. The molecule has 2 unspecified atom stereocenters. The molecular weight excluding hydrogens is 202 g/mol. The number of benzene rings is 1. The smallest absolute Gasteiger partial charge is 0.0833 e. The number of aliphatic hydroxyl groups excluding tert-OH is 1. The Bertz CT molecular complexity index is 311. The summed E-state index contributed by atoms with van der Waals surface area (Å²) in [5.74, 6) is 0.109. The van der Waals surface area contributed by atoms with E-state index < -0.39 is 6.10 Å². The van der Waals surface area contributed by atoms with E-state index in [0.29, 0.717) is 13.2 Å². The van der Waals surface area contributed by atoms with Crippen LogP contribution in [-0.2, 0) is 11.3 Å². The number of hydrogen-bond donors (Lipinski definition) is 2. The van der Waals surface area contributed by atoms with Crippen LogP contribution in [0.15, 0.2) is 24.3 Å². The Morgan fingerprint density at radius 1 is 1.38 bits per heavy atom. The van der Waals surface area contributed by atoms with Crippen LogP contribution in [0.5, 0.6) is 0 Å². The van der Waals surface area contributed by atoms with Crippen molar-refractivity contribution in [2.24, 2.45) is 11.7 Å². The number of nitrogens with two attached hydrogens (primary N) is 1. The molecule has 0 aliphatic carbocycles. The fourth-order valence-corrected chi connectivity index (χ4v) is 1.88. The lowest BCUT2D eigenvalue weighted by Crippen LogP contribution is -2.22. The number of ether oxygens (including phenoxy) is 1. The molecule has 0 amide bonds. The van der Waals surface area contributed by atoms with Crippen LogP contribution in [0.1, 0.15) is 30.6 Å². The highest BCUT2D eigenvalue weighted by atomic mass is 16.5. The first kappa shape index (κ1) is 13.2. The first-order valence-corrected chi connectivity index (χ1v) is 5.69. The van der Waals surface area contributed by atoms with E-state index in [0.717, 1.165) is 17.5 Å². The fourth-order valence-electron chi connectivity index (χ4n) is 1.88. The Morgan fingerprint density at radius 2 is 2.06 bits per heavy atom. The summed E-state index contributed by atoms with van der Waals surface area (Å²) in [4.78, 5) is 0. The average Bonchev–Trinajstić information content (AvgIpc) is 2.31. The van der Waals surface area contributed by atoms with Gasteiger partial charge in [-0.3, -0.25) is 0 Å². The summed E-state index contributed by atoms with van der Waals surface area (Å²) in [7, 11) is 1.66. The van der Waals surface area contributed by atoms with E-state index in [1.54, 1.807) is 7.11 Å². The van der Waals surface area contributed by atoms with Gasteiger partial charge >= 0.3 is 0 Å². The maximum absolute atomic E-state index is 10.3. The van der Waals surface area contributed by atoms with Crippen LogP contribution >= 0.6 is 0 Å². The molecular formula is C13H21NO2. The van der Waals surface area contributed by atoms with Gasteiger partial charge in [0.1, 0.15) is 0 Å². The highest BCUT2D eigenvalue weighted by molar-refractivity contribution is 5.29. The standard InChI is InChI=1S/C13H21NO2/c1-3-10(8-14)13(15)12-7-5-4-6-11(12)9-16-2/h4-7,10,13,15H,3,8-9,14H2,1-2H3. The zero-order valence-electron chi connectivity index (χ0n) is 10.0. The Kier molecular flexibility index (Phi) is 5.46. The summed E-state index contributed by atoms with van der Waals surface area (Å²) < 4.78 is 5.12. The van der Waals surface area contributed by atoms with E-state index in [1.807, 2.05) is 31.2 Å². The predicted octanol–water partition coefficient (Wildman–Crippen LogP) is 1.85. The topological polar surface area (TPSA) is 55.5 Å². The molecule has 0 aliphatic heterocycles. The monoisotopic (exact) mass is 223 g/mol. The second-order valence-electron chi connectivity index (χ2n) is 3.98. The van der Waals surface area contributed by atoms with Gasteiger partial charge in [-0.1, -0.05) is 31.2 Å². The van der Waals surface area contributed by atoms with Crippen molar-refractivity contribution >= 4 is 0 Å². The molecule has 3 nitrogen and oxygen atoms in total. The van der Waals surface area contributed by atoms with E-state index >= 15 is 0 Å². The molecule has 3 heteroatoms. The minimum atomic E-state index is -0.499. The normalized spacial score (nSPS) is 14.8. The maximum atomic E-state index is 10.3. The molecule has 0 aliphatic rings. The molecule has 0 saturated heterocycles.